The van der Waals surface area contributed by atoms with Crippen molar-refractivity contribution in [2.75, 3.05) is 19.8 Å². The Morgan fingerprint density at radius 2 is 2.00 bits per heavy atom. The molecule has 2 heteroatoms. The largest absolute Gasteiger partial charge is 0.375 e. The van der Waals surface area contributed by atoms with Gasteiger partial charge < -0.3 is 9.47 Å². The summed E-state index contributed by atoms with van der Waals surface area (Å²) in [5.41, 5.74) is 0.661. The Morgan fingerprint density at radius 3 is 2.57 bits per heavy atom. The first-order valence-electron chi connectivity index (χ1n) is 4.78. The molecule has 1 unspecified atom stereocenters. The fraction of sp³-hybridized carbons (Fsp3) is 0.333. The van der Waals surface area contributed by atoms with Crippen molar-refractivity contribution in [3.05, 3.63) is 48.6 Å². The van der Waals surface area contributed by atoms with Crippen LogP contribution in [-0.2, 0) is 15.1 Å². The average molecular weight is 190 g/mol. The molecule has 74 valence electrons. The summed E-state index contributed by atoms with van der Waals surface area (Å²) in [5.74, 6) is 0. The van der Waals surface area contributed by atoms with E-state index in [1.807, 2.05) is 36.4 Å². The van der Waals surface area contributed by atoms with Gasteiger partial charge >= 0.3 is 0 Å². The minimum atomic E-state index is -0.445. The Kier molecular flexibility index (Phi) is 2.66. The molecule has 0 saturated carbocycles. The minimum absolute atomic E-state index is 0.445. The highest BCUT2D eigenvalue weighted by atomic mass is 16.6. The Hall–Kier alpha value is -1.12. The number of ether oxygens (including phenoxy) is 2. The van der Waals surface area contributed by atoms with Crippen LogP contribution in [0.4, 0.5) is 0 Å². The quantitative estimate of drug-likeness (QED) is 0.665. The molecule has 0 bridgehead atoms. The average Bonchev–Trinajstić information content (AvgIpc) is 2.31. The van der Waals surface area contributed by atoms with Gasteiger partial charge in [0.25, 0.3) is 0 Å². The second-order valence-electron chi connectivity index (χ2n) is 3.36. The van der Waals surface area contributed by atoms with E-state index in [0.717, 1.165) is 5.56 Å². The first kappa shape index (κ1) is 9.44. The van der Waals surface area contributed by atoms with Crippen molar-refractivity contribution in [3.63, 3.8) is 0 Å². The molecule has 1 atom stereocenters. The Balaban J connectivity index is 2.32. The molecule has 0 spiro atoms. The minimum Gasteiger partial charge on any atom is -0.375 e. The van der Waals surface area contributed by atoms with Crippen LogP contribution in [0.1, 0.15) is 5.56 Å². The highest BCUT2D eigenvalue weighted by Crippen LogP contribution is 2.29. The van der Waals surface area contributed by atoms with Crippen molar-refractivity contribution in [1.29, 1.82) is 0 Å². The van der Waals surface area contributed by atoms with E-state index < -0.39 is 5.60 Å². The molecule has 1 fully saturated rings. The summed E-state index contributed by atoms with van der Waals surface area (Å²) in [6.45, 7) is 5.68. The number of hydrogen-bond donors (Lipinski definition) is 0. The number of rotatable bonds is 2. The zero-order valence-corrected chi connectivity index (χ0v) is 8.11. The Labute approximate surface area is 84.2 Å². The molecule has 1 aromatic rings. The molecule has 2 rings (SSSR count). The van der Waals surface area contributed by atoms with Crippen molar-refractivity contribution in [1.82, 2.24) is 0 Å². The molecule has 0 radical (unpaired) electrons. The Bertz CT molecular complexity index is 299. The van der Waals surface area contributed by atoms with E-state index in [2.05, 4.69) is 6.58 Å². The van der Waals surface area contributed by atoms with E-state index in [-0.39, 0.29) is 0 Å². The highest BCUT2D eigenvalue weighted by Gasteiger charge is 2.32. The highest BCUT2D eigenvalue weighted by molar-refractivity contribution is 5.27. The zero-order chi connectivity index (χ0) is 9.86. The molecule has 0 aliphatic carbocycles. The van der Waals surface area contributed by atoms with Crippen molar-refractivity contribution < 1.29 is 9.47 Å². The van der Waals surface area contributed by atoms with Crippen LogP contribution in [0.3, 0.4) is 0 Å². The second-order valence-corrected chi connectivity index (χ2v) is 3.36. The van der Waals surface area contributed by atoms with Gasteiger partial charge in [0.05, 0.1) is 19.8 Å². The lowest BCUT2D eigenvalue weighted by atomic mass is 9.94. The SMILES string of the molecule is C=CC1(c2ccccc2)COCCO1. The summed E-state index contributed by atoms with van der Waals surface area (Å²) in [7, 11) is 0. The molecular weight excluding hydrogens is 176 g/mol. The number of hydrogen-bond acceptors (Lipinski definition) is 2. The molecule has 1 aliphatic heterocycles. The smallest absolute Gasteiger partial charge is 0.134 e. The van der Waals surface area contributed by atoms with Crippen LogP contribution in [0, 0.1) is 0 Å². The molecule has 0 amide bonds. The fourth-order valence-electron chi connectivity index (χ4n) is 1.67. The van der Waals surface area contributed by atoms with Crippen LogP contribution in [-0.4, -0.2) is 19.8 Å². The topological polar surface area (TPSA) is 18.5 Å². The molecule has 0 N–H and O–H groups in total. The van der Waals surface area contributed by atoms with Crippen molar-refractivity contribution in [2.45, 2.75) is 5.60 Å². The maximum atomic E-state index is 5.76. The van der Waals surface area contributed by atoms with Gasteiger partial charge in [0, 0.05) is 0 Å². The van der Waals surface area contributed by atoms with E-state index in [9.17, 15) is 0 Å². The van der Waals surface area contributed by atoms with Crippen molar-refractivity contribution in [2.24, 2.45) is 0 Å². The van der Waals surface area contributed by atoms with Gasteiger partial charge in [-0.1, -0.05) is 43.0 Å². The van der Waals surface area contributed by atoms with Crippen LogP contribution in [0.5, 0.6) is 0 Å². The first-order valence-corrected chi connectivity index (χ1v) is 4.78. The summed E-state index contributed by atoms with van der Waals surface area (Å²) in [6.07, 6.45) is 1.82. The van der Waals surface area contributed by atoms with E-state index in [1.165, 1.54) is 0 Å². The third-order valence-electron chi connectivity index (χ3n) is 2.50. The molecular formula is C12H14O2. The van der Waals surface area contributed by atoms with Gasteiger partial charge in [-0.25, -0.2) is 0 Å². The second kappa shape index (κ2) is 3.95. The van der Waals surface area contributed by atoms with Crippen LogP contribution < -0.4 is 0 Å². The maximum Gasteiger partial charge on any atom is 0.134 e. The molecule has 1 aliphatic rings. The monoisotopic (exact) mass is 190 g/mol. The lowest BCUT2D eigenvalue weighted by molar-refractivity contribution is -0.136. The molecule has 14 heavy (non-hydrogen) atoms. The predicted molar refractivity (Wildman–Crippen MR) is 55.1 cm³/mol. The van der Waals surface area contributed by atoms with Crippen LogP contribution in [0.2, 0.25) is 0 Å². The standard InChI is InChI=1S/C12H14O2/c1-2-12(10-13-8-9-14-12)11-6-4-3-5-7-11/h2-7H,1,8-10H2. The predicted octanol–water partition coefficient (Wildman–Crippen LogP) is 2.11. The van der Waals surface area contributed by atoms with Gasteiger partial charge in [-0.05, 0) is 5.56 Å². The lowest BCUT2D eigenvalue weighted by Gasteiger charge is -2.34. The maximum absolute atomic E-state index is 5.76. The van der Waals surface area contributed by atoms with Crippen molar-refractivity contribution in [3.8, 4) is 0 Å². The van der Waals surface area contributed by atoms with Gasteiger partial charge in [0.1, 0.15) is 5.60 Å². The third-order valence-corrected chi connectivity index (χ3v) is 2.50. The van der Waals surface area contributed by atoms with Crippen LogP contribution >= 0.6 is 0 Å². The molecule has 1 saturated heterocycles. The summed E-state index contributed by atoms with van der Waals surface area (Å²) < 4.78 is 11.2. The zero-order valence-electron chi connectivity index (χ0n) is 8.11. The van der Waals surface area contributed by atoms with Gasteiger partial charge in [0.2, 0.25) is 0 Å². The van der Waals surface area contributed by atoms with E-state index in [1.54, 1.807) is 0 Å². The first-order chi connectivity index (χ1) is 6.87. The molecule has 2 nitrogen and oxygen atoms in total. The summed E-state index contributed by atoms with van der Waals surface area (Å²) in [5, 5.41) is 0. The third kappa shape index (κ3) is 1.59. The molecule has 1 heterocycles. The van der Waals surface area contributed by atoms with Crippen LogP contribution in [0.25, 0.3) is 0 Å². The Morgan fingerprint density at radius 1 is 1.21 bits per heavy atom. The van der Waals surface area contributed by atoms with Gasteiger partial charge in [-0.15, -0.1) is 0 Å². The summed E-state index contributed by atoms with van der Waals surface area (Å²) >= 11 is 0. The van der Waals surface area contributed by atoms with Gasteiger partial charge in [0.15, 0.2) is 0 Å². The molecule has 1 aromatic carbocycles. The van der Waals surface area contributed by atoms with E-state index >= 15 is 0 Å². The van der Waals surface area contributed by atoms with E-state index in [4.69, 9.17) is 9.47 Å². The lowest BCUT2D eigenvalue weighted by Crippen LogP contribution is -2.38. The van der Waals surface area contributed by atoms with Crippen molar-refractivity contribution >= 4 is 0 Å². The number of benzene rings is 1. The van der Waals surface area contributed by atoms with Gasteiger partial charge in [-0.2, -0.15) is 0 Å². The normalized spacial score (nSPS) is 27.1. The van der Waals surface area contributed by atoms with Gasteiger partial charge in [-0.3, -0.25) is 0 Å². The fourth-order valence-corrected chi connectivity index (χ4v) is 1.67. The van der Waals surface area contributed by atoms with Crippen LogP contribution in [0.15, 0.2) is 43.0 Å². The summed E-state index contributed by atoms with van der Waals surface area (Å²) in [4.78, 5) is 0. The molecule has 0 aromatic heterocycles. The van der Waals surface area contributed by atoms with E-state index in [0.29, 0.717) is 19.8 Å². The summed E-state index contributed by atoms with van der Waals surface area (Å²) in [6, 6.07) is 10.1.